The van der Waals surface area contributed by atoms with Gasteiger partial charge in [-0.15, -0.1) is 13.2 Å². The van der Waals surface area contributed by atoms with Gasteiger partial charge in [-0.25, -0.2) is 9.97 Å². The van der Waals surface area contributed by atoms with Crippen molar-refractivity contribution in [3.05, 3.63) is 40.8 Å². The van der Waals surface area contributed by atoms with Crippen LogP contribution in [0.25, 0.3) is 0 Å². The summed E-state index contributed by atoms with van der Waals surface area (Å²) in [6, 6.07) is 5.55. The number of ether oxygens (including phenoxy) is 2. The Hall–Kier alpha value is -1.83. The van der Waals surface area contributed by atoms with Gasteiger partial charge in [0.1, 0.15) is 17.8 Å². The molecule has 0 fully saturated rings. The van der Waals surface area contributed by atoms with Gasteiger partial charge in [0.25, 0.3) is 0 Å². The molecule has 1 heterocycles. The van der Waals surface area contributed by atoms with E-state index in [1.807, 2.05) is 6.92 Å². The zero-order chi connectivity index (χ0) is 15.5. The Kier molecular flexibility index (Phi) is 4.66. The van der Waals surface area contributed by atoms with Gasteiger partial charge < -0.3 is 9.47 Å². The van der Waals surface area contributed by atoms with Gasteiger partial charge in [-0.05, 0) is 40.5 Å². The van der Waals surface area contributed by atoms with Gasteiger partial charge in [0.05, 0.1) is 4.47 Å². The van der Waals surface area contributed by atoms with Crippen LogP contribution in [-0.2, 0) is 6.42 Å². The van der Waals surface area contributed by atoms with Crippen molar-refractivity contribution in [2.45, 2.75) is 19.7 Å². The lowest BCUT2D eigenvalue weighted by Gasteiger charge is -2.12. The predicted molar refractivity (Wildman–Crippen MR) is 72.3 cm³/mol. The maximum atomic E-state index is 12.2. The highest BCUT2D eigenvalue weighted by atomic mass is 79.9. The van der Waals surface area contributed by atoms with Crippen LogP contribution < -0.4 is 9.47 Å². The first-order chi connectivity index (χ1) is 9.87. The van der Waals surface area contributed by atoms with Crippen molar-refractivity contribution in [3.63, 3.8) is 0 Å². The first-order valence-corrected chi connectivity index (χ1v) is 6.71. The summed E-state index contributed by atoms with van der Waals surface area (Å²) in [6.45, 7) is 1.94. The molecule has 2 aromatic rings. The van der Waals surface area contributed by atoms with E-state index in [1.165, 1.54) is 18.5 Å². The van der Waals surface area contributed by atoms with Crippen molar-refractivity contribution in [1.29, 1.82) is 0 Å². The second kappa shape index (κ2) is 6.30. The number of hydrogen-bond donors (Lipinski definition) is 0. The normalized spacial score (nSPS) is 11.3. The number of rotatable bonds is 4. The van der Waals surface area contributed by atoms with Gasteiger partial charge in [-0.2, -0.15) is 0 Å². The Morgan fingerprint density at radius 1 is 1.19 bits per heavy atom. The van der Waals surface area contributed by atoms with Crippen LogP contribution in [-0.4, -0.2) is 16.3 Å². The third-order valence-electron chi connectivity index (χ3n) is 2.41. The SMILES string of the molecule is CCc1cc(Oc2ccc(OC(F)(F)F)c(Br)c2)ncn1. The lowest BCUT2D eigenvalue weighted by molar-refractivity contribution is -0.274. The summed E-state index contributed by atoms with van der Waals surface area (Å²) < 4.78 is 45.9. The van der Waals surface area contributed by atoms with Gasteiger partial charge >= 0.3 is 6.36 Å². The molecule has 0 spiro atoms. The van der Waals surface area contributed by atoms with Crippen molar-refractivity contribution in [2.24, 2.45) is 0 Å². The molecule has 0 aliphatic carbocycles. The topological polar surface area (TPSA) is 44.2 Å². The maximum absolute atomic E-state index is 12.2. The van der Waals surface area contributed by atoms with Crippen LogP contribution in [0.15, 0.2) is 35.1 Å². The predicted octanol–water partition coefficient (Wildman–Crippen LogP) is 4.49. The number of hydrogen-bond acceptors (Lipinski definition) is 4. The number of nitrogens with zero attached hydrogens (tertiary/aromatic N) is 2. The van der Waals surface area contributed by atoms with Crippen LogP contribution in [0, 0.1) is 0 Å². The first-order valence-electron chi connectivity index (χ1n) is 5.91. The second-order valence-electron chi connectivity index (χ2n) is 3.94. The van der Waals surface area contributed by atoms with Crippen molar-refractivity contribution in [2.75, 3.05) is 0 Å². The average molecular weight is 363 g/mol. The molecule has 0 unspecified atom stereocenters. The summed E-state index contributed by atoms with van der Waals surface area (Å²) in [5.74, 6) is 0.308. The van der Waals surface area contributed by atoms with E-state index in [0.29, 0.717) is 11.6 Å². The summed E-state index contributed by atoms with van der Waals surface area (Å²) >= 11 is 3.00. The van der Waals surface area contributed by atoms with Gasteiger partial charge in [0, 0.05) is 11.8 Å². The fraction of sp³-hybridized carbons (Fsp3) is 0.231. The van der Waals surface area contributed by atoms with Crippen LogP contribution >= 0.6 is 15.9 Å². The summed E-state index contributed by atoms with van der Waals surface area (Å²) in [5.41, 5.74) is 0.802. The van der Waals surface area contributed by atoms with Crippen LogP contribution in [0.2, 0.25) is 0 Å². The monoisotopic (exact) mass is 362 g/mol. The molecule has 0 aliphatic rings. The molecule has 0 radical (unpaired) electrons. The minimum absolute atomic E-state index is 0.127. The quantitative estimate of drug-likeness (QED) is 0.803. The Balaban J connectivity index is 2.16. The Morgan fingerprint density at radius 3 is 2.57 bits per heavy atom. The molecule has 1 aromatic heterocycles. The van der Waals surface area contributed by atoms with Gasteiger partial charge in [-0.1, -0.05) is 6.92 Å². The van der Waals surface area contributed by atoms with E-state index in [-0.39, 0.29) is 10.2 Å². The highest BCUT2D eigenvalue weighted by Gasteiger charge is 2.32. The van der Waals surface area contributed by atoms with Gasteiger partial charge in [-0.3, -0.25) is 0 Å². The van der Waals surface area contributed by atoms with E-state index >= 15 is 0 Å². The standard InChI is InChI=1S/C13H10BrF3N2O2/c1-2-8-5-12(19-7-18-8)20-9-3-4-11(10(14)6-9)21-13(15,16)17/h3-7H,2H2,1H3. The molecule has 21 heavy (non-hydrogen) atoms. The molecule has 0 N–H and O–H groups in total. The van der Waals surface area contributed by atoms with E-state index < -0.39 is 6.36 Å². The smallest absolute Gasteiger partial charge is 0.439 e. The van der Waals surface area contributed by atoms with Crippen LogP contribution in [0.4, 0.5) is 13.2 Å². The molecule has 112 valence electrons. The second-order valence-corrected chi connectivity index (χ2v) is 4.80. The summed E-state index contributed by atoms with van der Waals surface area (Å²) in [7, 11) is 0. The number of aryl methyl sites for hydroxylation is 1. The van der Waals surface area contributed by atoms with E-state index in [0.717, 1.165) is 18.2 Å². The molecule has 0 saturated heterocycles. The maximum Gasteiger partial charge on any atom is 0.573 e. The Morgan fingerprint density at radius 2 is 1.95 bits per heavy atom. The van der Waals surface area contributed by atoms with Crippen LogP contribution in [0.5, 0.6) is 17.4 Å². The van der Waals surface area contributed by atoms with Crippen molar-refractivity contribution in [3.8, 4) is 17.4 Å². The highest BCUT2D eigenvalue weighted by Crippen LogP contribution is 2.34. The van der Waals surface area contributed by atoms with Crippen LogP contribution in [0.3, 0.4) is 0 Å². The molecule has 8 heteroatoms. The zero-order valence-electron chi connectivity index (χ0n) is 10.8. The summed E-state index contributed by atoms with van der Waals surface area (Å²) in [5, 5.41) is 0. The van der Waals surface area contributed by atoms with E-state index in [4.69, 9.17) is 4.74 Å². The molecule has 0 amide bonds. The lowest BCUT2D eigenvalue weighted by Crippen LogP contribution is -2.17. The molecule has 0 bridgehead atoms. The fourth-order valence-electron chi connectivity index (χ4n) is 1.50. The van der Waals surface area contributed by atoms with Gasteiger partial charge in [0.15, 0.2) is 0 Å². The number of alkyl halides is 3. The molecule has 0 aliphatic heterocycles. The molecule has 1 aromatic carbocycles. The Bertz CT molecular complexity index is 635. The largest absolute Gasteiger partial charge is 0.573 e. The summed E-state index contributed by atoms with van der Waals surface area (Å²) in [6.07, 6.45) is -2.65. The zero-order valence-corrected chi connectivity index (χ0v) is 12.4. The number of aromatic nitrogens is 2. The third-order valence-corrected chi connectivity index (χ3v) is 3.03. The van der Waals surface area contributed by atoms with Crippen LogP contribution in [0.1, 0.15) is 12.6 Å². The number of benzene rings is 1. The molecule has 0 atom stereocenters. The van der Waals surface area contributed by atoms with Crippen molar-refractivity contribution < 1.29 is 22.6 Å². The fourth-order valence-corrected chi connectivity index (χ4v) is 1.94. The van der Waals surface area contributed by atoms with Gasteiger partial charge in [0.2, 0.25) is 5.88 Å². The lowest BCUT2D eigenvalue weighted by atomic mass is 10.3. The minimum Gasteiger partial charge on any atom is -0.439 e. The highest BCUT2D eigenvalue weighted by molar-refractivity contribution is 9.10. The average Bonchev–Trinajstić information content (AvgIpc) is 2.41. The van der Waals surface area contributed by atoms with E-state index in [1.54, 1.807) is 6.07 Å². The molecular formula is C13H10BrF3N2O2. The summed E-state index contributed by atoms with van der Waals surface area (Å²) in [4.78, 5) is 7.96. The van der Waals surface area contributed by atoms with Crippen molar-refractivity contribution in [1.82, 2.24) is 9.97 Å². The molecular weight excluding hydrogens is 353 g/mol. The Labute approximate surface area is 127 Å². The molecule has 4 nitrogen and oxygen atoms in total. The van der Waals surface area contributed by atoms with Crippen molar-refractivity contribution >= 4 is 15.9 Å². The minimum atomic E-state index is -4.74. The third kappa shape index (κ3) is 4.59. The van der Waals surface area contributed by atoms with E-state index in [9.17, 15) is 13.2 Å². The number of halogens is 4. The first kappa shape index (κ1) is 15.6. The molecule has 2 rings (SSSR count). The van der Waals surface area contributed by atoms with E-state index in [2.05, 4.69) is 30.6 Å². The molecule has 0 saturated carbocycles.